The van der Waals surface area contributed by atoms with Gasteiger partial charge in [-0.2, -0.15) is 0 Å². The lowest BCUT2D eigenvalue weighted by molar-refractivity contribution is -0.148. The number of ether oxygens (including phenoxy) is 1. The molecule has 0 aliphatic carbocycles. The normalized spacial score (nSPS) is 11.1. The van der Waals surface area contributed by atoms with Crippen molar-refractivity contribution in [2.75, 3.05) is 0 Å². The van der Waals surface area contributed by atoms with E-state index in [2.05, 4.69) is 15.9 Å². The number of alkyl halides is 1. The first-order valence-corrected chi connectivity index (χ1v) is 8.46. The zero-order valence-corrected chi connectivity index (χ0v) is 15.0. The van der Waals surface area contributed by atoms with Crippen LogP contribution in [0.15, 0.2) is 48.5 Å². The van der Waals surface area contributed by atoms with Crippen LogP contribution in [0.3, 0.4) is 0 Å². The molecule has 0 amide bonds. The average molecular weight is 375 g/mol. The third kappa shape index (κ3) is 4.29. The van der Waals surface area contributed by atoms with Gasteiger partial charge < -0.3 is 4.74 Å². The smallest absolute Gasteiger partial charge is 0.380 e. The Labute approximate surface area is 144 Å². The molecule has 0 atom stereocenters. The molecular formula is C19H19BrO3. The first kappa shape index (κ1) is 17.4. The average Bonchev–Trinajstić information content (AvgIpc) is 2.52. The van der Waals surface area contributed by atoms with E-state index in [9.17, 15) is 9.59 Å². The van der Waals surface area contributed by atoms with Gasteiger partial charge in [0.2, 0.25) is 0 Å². The Hall–Kier alpha value is -1.94. The van der Waals surface area contributed by atoms with Crippen LogP contribution in [0.25, 0.3) is 11.1 Å². The lowest BCUT2D eigenvalue weighted by atomic mass is 9.94. The van der Waals surface area contributed by atoms with Crippen molar-refractivity contribution in [3.8, 4) is 11.1 Å². The molecule has 4 heteroatoms. The first-order valence-electron chi connectivity index (χ1n) is 7.34. The molecule has 23 heavy (non-hydrogen) atoms. The number of carbonyl (C=O) groups is 2. The third-order valence-electron chi connectivity index (χ3n) is 3.21. The van der Waals surface area contributed by atoms with E-state index >= 15 is 0 Å². The Balaban J connectivity index is 2.46. The van der Waals surface area contributed by atoms with Crippen molar-refractivity contribution in [2.24, 2.45) is 0 Å². The topological polar surface area (TPSA) is 43.4 Å². The highest BCUT2D eigenvalue weighted by Crippen LogP contribution is 2.29. The number of benzene rings is 2. The Kier molecular flexibility index (Phi) is 5.37. The van der Waals surface area contributed by atoms with Gasteiger partial charge in [0.15, 0.2) is 0 Å². The second kappa shape index (κ2) is 7.09. The van der Waals surface area contributed by atoms with Crippen molar-refractivity contribution in [3.63, 3.8) is 0 Å². The summed E-state index contributed by atoms with van der Waals surface area (Å²) in [5.74, 6) is -1.46. The molecule has 0 saturated heterocycles. The van der Waals surface area contributed by atoms with E-state index in [4.69, 9.17) is 4.74 Å². The van der Waals surface area contributed by atoms with E-state index in [-0.39, 0.29) is 0 Å². The first-order chi connectivity index (χ1) is 10.8. The van der Waals surface area contributed by atoms with Gasteiger partial charge in [-0.15, -0.1) is 0 Å². The molecule has 0 bridgehead atoms. The molecule has 0 radical (unpaired) electrons. The van der Waals surface area contributed by atoms with Crippen molar-refractivity contribution >= 4 is 27.7 Å². The minimum Gasteiger partial charge on any atom is -0.454 e. The molecule has 120 valence electrons. The van der Waals surface area contributed by atoms with Gasteiger partial charge in [0, 0.05) is 10.9 Å². The molecule has 2 aromatic carbocycles. The largest absolute Gasteiger partial charge is 0.454 e. The molecule has 0 aliphatic rings. The quantitative estimate of drug-likeness (QED) is 0.335. The van der Waals surface area contributed by atoms with E-state index < -0.39 is 17.4 Å². The van der Waals surface area contributed by atoms with Gasteiger partial charge >= 0.3 is 5.97 Å². The second-order valence-electron chi connectivity index (χ2n) is 6.17. The maximum Gasteiger partial charge on any atom is 0.380 e. The van der Waals surface area contributed by atoms with E-state index in [0.29, 0.717) is 10.9 Å². The summed E-state index contributed by atoms with van der Waals surface area (Å²) >= 11 is 3.46. The highest BCUT2D eigenvalue weighted by Gasteiger charge is 2.26. The highest BCUT2D eigenvalue weighted by atomic mass is 79.9. The number of rotatable bonds is 4. The maximum absolute atomic E-state index is 12.5. The number of halogens is 1. The molecule has 0 saturated carbocycles. The van der Waals surface area contributed by atoms with E-state index in [0.717, 1.165) is 16.7 Å². The van der Waals surface area contributed by atoms with Crippen LogP contribution in [0.1, 0.15) is 36.7 Å². The standard InChI is InChI=1S/C19H19BrO3/c1-19(2,3)23-18(22)17(21)16-11-7-6-10-15(16)14-9-5-4-8-13(14)12-20/h4-11H,12H2,1-3H3. The van der Waals surface area contributed by atoms with Crippen molar-refractivity contribution in [3.05, 3.63) is 59.7 Å². The van der Waals surface area contributed by atoms with Crippen molar-refractivity contribution < 1.29 is 14.3 Å². The second-order valence-corrected chi connectivity index (χ2v) is 6.73. The summed E-state index contributed by atoms with van der Waals surface area (Å²) in [4.78, 5) is 24.6. The lowest BCUT2D eigenvalue weighted by Gasteiger charge is -2.19. The zero-order valence-electron chi connectivity index (χ0n) is 13.4. The highest BCUT2D eigenvalue weighted by molar-refractivity contribution is 9.08. The molecule has 2 rings (SSSR count). The van der Waals surface area contributed by atoms with Gasteiger partial charge in [0.05, 0.1) is 0 Å². The van der Waals surface area contributed by atoms with Gasteiger partial charge in [-0.05, 0) is 37.5 Å². The molecule has 0 unspecified atom stereocenters. The van der Waals surface area contributed by atoms with Crippen LogP contribution in [0.4, 0.5) is 0 Å². The van der Waals surface area contributed by atoms with Crippen LogP contribution < -0.4 is 0 Å². The van der Waals surface area contributed by atoms with Crippen LogP contribution in [0, 0.1) is 0 Å². The molecule has 0 heterocycles. The summed E-state index contributed by atoms with van der Waals surface area (Å²) in [6, 6.07) is 14.9. The minimum absolute atomic E-state index is 0.357. The number of Topliss-reactive ketones (excluding diaryl/α,β-unsaturated/α-hetero) is 1. The number of hydrogen-bond donors (Lipinski definition) is 0. The third-order valence-corrected chi connectivity index (χ3v) is 3.81. The molecule has 2 aromatic rings. The van der Waals surface area contributed by atoms with Crippen molar-refractivity contribution in [1.82, 2.24) is 0 Å². The van der Waals surface area contributed by atoms with Gasteiger partial charge in [0.25, 0.3) is 5.78 Å². The van der Waals surface area contributed by atoms with Crippen molar-refractivity contribution in [2.45, 2.75) is 31.7 Å². The van der Waals surface area contributed by atoms with E-state index in [1.165, 1.54) is 0 Å². The Morgan fingerprint density at radius 3 is 2.13 bits per heavy atom. The predicted octanol–water partition coefficient (Wildman–Crippen LogP) is 4.77. The van der Waals surface area contributed by atoms with Crippen LogP contribution in [-0.2, 0) is 14.9 Å². The summed E-state index contributed by atoms with van der Waals surface area (Å²) in [7, 11) is 0. The maximum atomic E-state index is 12.5. The fraction of sp³-hybridized carbons (Fsp3) is 0.263. The molecular weight excluding hydrogens is 356 g/mol. The van der Waals surface area contributed by atoms with Crippen LogP contribution in [-0.4, -0.2) is 17.4 Å². The number of hydrogen-bond acceptors (Lipinski definition) is 3. The SMILES string of the molecule is CC(C)(C)OC(=O)C(=O)c1ccccc1-c1ccccc1CBr. The van der Waals surface area contributed by atoms with Gasteiger partial charge in [-0.25, -0.2) is 4.79 Å². The molecule has 3 nitrogen and oxygen atoms in total. The number of ketones is 1. The number of carbonyl (C=O) groups excluding carboxylic acids is 2. The Bertz CT molecular complexity index is 729. The van der Waals surface area contributed by atoms with Gasteiger partial charge in [-0.3, -0.25) is 4.79 Å². The van der Waals surface area contributed by atoms with Crippen LogP contribution in [0.2, 0.25) is 0 Å². The summed E-state index contributed by atoms with van der Waals surface area (Å²) < 4.78 is 5.20. The molecule has 0 fully saturated rings. The fourth-order valence-electron chi connectivity index (χ4n) is 2.25. The molecule has 0 spiro atoms. The monoisotopic (exact) mass is 374 g/mol. The number of esters is 1. The van der Waals surface area contributed by atoms with E-state index in [1.54, 1.807) is 32.9 Å². The molecule has 0 N–H and O–H groups in total. The zero-order chi connectivity index (χ0) is 17.0. The minimum atomic E-state index is -0.832. The summed E-state index contributed by atoms with van der Waals surface area (Å²) in [6.07, 6.45) is 0. The van der Waals surface area contributed by atoms with Gasteiger partial charge in [0.1, 0.15) is 5.60 Å². The molecule has 0 aliphatic heterocycles. The summed E-state index contributed by atoms with van der Waals surface area (Å²) in [6.45, 7) is 5.22. The molecule has 0 aromatic heterocycles. The Morgan fingerprint density at radius 2 is 1.52 bits per heavy atom. The lowest BCUT2D eigenvalue weighted by Crippen LogP contribution is -2.29. The summed E-state index contributed by atoms with van der Waals surface area (Å²) in [5.41, 5.74) is 2.37. The predicted molar refractivity (Wildman–Crippen MR) is 94.7 cm³/mol. The van der Waals surface area contributed by atoms with Crippen LogP contribution >= 0.6 is 15.9 Å². The fourth-order valence-corrected chi connectivity index (χ4v) is 2.74. The Morgan fingerprint density at radius 1 is 0.957 bits per heavy atom. The van der Waals surface area contributed by atoms with E-state index in [1.807, 2.05) is 36.4 Å². The van der Waals surface area contributed by atoms with Crippen LogP contribution in [0.5, 0.6) is 0 Å². The van der Waals surface area contributed by atoms with Crippen molar-refractivity contribution in [1.29, 1.82) is 0 Å². The van der Waals surface area contributed by atoms with Gasteiger partial charge in [-0.1, -0.05) is 64.5 Å². The summed E-state index contributed by atoms with van der Waals surface area (Å²) in [5, 5.41) is 0.665.